The number of nitro benzene ring substituents is 1. The number of nitro groups is 1. The van der Waals surface area contributed by atoms with Gasteiger partial charge in [0.25, 0.3) is 5.69 Å². The number of benzene rings is 1. The van der Waals surface area contributed by atoms with Crippen molar-refractivity contribution in [3.8, 4) is 0 Å². The van der Waals surface area contributed by atoms with E-state index in [4.69, 9.17) is 5.73 Å². The van der Waals surface area contributed by atoms with Crippen LogP contribution in [-0.2, 0) is 0 Å². The van der Waals surface area contributed by atoms with Crippen LogP contribution in [0.5, 0.6) is 0 Å². The van der Waals surface area contributed by atoms with Gasteiger partial charge in [-0.2, -0.15) is 0 Å². The normalized spacial score (nSPS) is 10.3. The Morgan fingerprint density at radius 3 is 1.64 bits per heavy atom. The van der Waals surface area contributed by atoms with E-state index in [2.05, 4.69) is 0 Å². The lowest BCUT2D eigenvalue weighted by Crippen LogP contribution is -2.04. The van der Waals surface area contributed by atoms with Gasteiger partial charge in [-0.1, -0.05) is 0 Å². The number of nitrogen functional groups attached to an aromatic ring is 1. The van der Waals surface area contributed by atoms with Crippen molar-refractivity contribution in [2.75, 3.05) is 5.73 Å². The number of rotatable bonds is 1. The first-order valence-corrected chi connectivity index (χ1v) is 4.38. The average Bonchev–Trinajstić information content (AvgIpc) is 2.11. The van der Waals surface area contributed by atoms with Crippen molar-refractivity contribution in [1.29, 1.82) is 0 Å². The molecule has 0 amide bonds. The largest absolute Gasteiger partial charge is 0.398 e. The quantitative estimate of drug-likeness (QED) is 0.424. The van der Waals surface area contributed by atoms with Crippen LogP contribution in [0.15, 0.2) is 0 Å². The van der Waals surface area contributed by atoms with E-state index in [-0.39, 0.29) is 10.6 Å². The van der Waals surface area contributed by atoms with Crippen LogP contribution in [0.2, 0.25) is 0 Å². The third-order valence-electron chi connectivity index (χ3n) is 2.83. The molecule has 4 heteroatoms. The highest BCUT2D eigenvalue weighted by atomic mass is 16.6. The molecule has 0 spiro atoms. The minimum absolute atomic E-state index is 0.189. The van der Waals surface area contributed by atoms with Gasteiger partial charge in [0.15, 0.2) is 0 Å². The van der Waals surface area contributed by atoms with E-state index in [0.717, 1.165) is 11.1 Å². The van der Waals surface area contributed by atoms with E-state index in [1.807, 2.05) is 13.8 Å². The summed E-state index contributed by atoms with van der Waals surface area (Å²) in [4.78, 5) is 10.5. The summed E-state index contributed by atoms with van der Waals surface area (Å²) >= 11 is 0. The van der Waals surface area contributed by atoms with Crippen LogP contribution in [0, 0.1) is 37.8 Å². The summed E-state index contributed by atoms with van der Waals surface area (Å²) in [5, 5.41) is 10.8. The third-order valence-corrected chi connectivity index (χ3v) is 2.83. The predicted molar refractivity (Wildman–Crippen MR) is 56.5 cm³/mol. The zero-order chi connectivity index (χ0) is 11.0. The fourth-order valence-corrected chi connectivity index (χ4v) is 1.60. The van der Waals surface area contributed by atoms with E-state index in [9.17, 15) is 10.1 Å². The second-order valence-corrected chi connectivity index (χ2v) is 3.52. The van der Waals surface area contributed by atoms with Crippen molar-refractivity contribution in [1.82, 2.24) is 0 Å². The van der Waals surface area contributed by atoms with Crippen molar-refractivity contribution >= 4 is 11.4 Å². The number of nitrogens with two attached hydrogens (primary N) is 1. The van der Waals surface area contributed by atoms with Crippen molar-refractivity contribution in [2.24, 2.45) is 0 Å². The molecular weight excluding hydrogens is 180 g/mol. The molecule has 0 heterocycles. The lowest BCUT2D eigenvalue weighted by Gasteiger charge is -2.11. The average molecular weight is 194 g/mol. The molecule has 0 aromatic heterocycles. The van der Waals surface area contributed by atoms with Crippen LogP contribution in [0.25, 0.3) is 0 Å². The van der Waals surface area contributed by atoms with E-state index < -0.39 is 0 Å². The monoisotopic (exact) mass is 194 g/mol. The Morgan fingerprint density at radius 2 is 1.36 bits per heavy atom. The van der Waals surface area contributed by atoms with Gasteiger partial charge in [-0.05, 0) is 38.8 Å². The Morgan fingerprint density at radius 1 is 1.00 bits per heavy atom. The predicted octanol–water partition coefficient (Wildman–Crippen LogP) is 2.41. The van der Waals surface area contributed by atoms with E-state index in [0.29, 0.717) is 16.8 Å². The van der Waals surface area contributed by atoms with Crippen molar-refractivity contribution in [2.45, 2.75) is 27.7 Å². The lowest BCUT2D eigenvalue weighted by molar-refractivity contribution is -0.386. The Labute approximate surface area is 82.9 Å². The van der Waals surface area contributed by atoms with Crippen molar-refractivity contribution < 1.29 is 4.92 Å². The summed E-state index contributed by atoms with van der Waals surface area (Å²) in [5.41, 5.74) is 9.61. The first-order valence-electron chi connectivity index (χ1n) is 4.38. The zero-order valence-corrected chi connectivity index (χ0v) is 8.84. The van der Waals surface area contributed by atoms with Gasteiger partial charge < -0.3 is 5.73 Å². The van der Waals surface area contributed by atoms with Gasteiger partial charge >= 0.3 is 0 Å². The third kappa shape index (κ3) is 1.32. The summed E-state index contributed by atoms with van der Waals surface area (Å²) in [6.07, 6.45) is 0. The van der Waals surface area contributed by atoms with Crippen LogP contribution in [-0.4, -0.2) is 4.92 Å². The molecule has 1 aromatic carbocycles. The van der Waals surface area contributed by atoms with Gasteiger partial charge in [-0.3, -0.25) is 10.1 Å². The first kappa shape index (κ1) is 10.5. The highest BCUT2D eigenvalue weighted by molar-refractivity contribution is 5.67. The summed E-state index contributed by atoms with van der Waals surface area (Å²) in [5.74, 6) is 0. The molecule has 0 atom stereocenters. The van der Waals surface area contributed by atoms with E-state index in [1.165, 1.54) is 0 Å². The maximum absolute atomic E-state index is 10.8. The summed E-state index contributed by atoms with van der Waals surface area (Å²) < 4.78 is 0. The summed E-state index contributed by atoms with van der Waals surface area (Å²) in [7, 11) is 0. The lowest BCUT2D eigenvalue weighted by atomic mass is 9.96. The second kappa shape index (κ2) is 3.29. The van der Waals surface area contributed by atoms with Crippen LogP contribution in [0.1, 0.15) is 22.3 Å². The SMILES string of the molecule is Cc1c(C)c([N+](=O)[O-])c(C)c(C)c1N. The Balaban J connectivity index is 3.68. The highest BCUT2D eigenvalue weighted by Gasteiger charge is 2.20. The van der Waals surface area contributed by atoms with Gasteiger partial charge in [-0.15, -0.1) is 0 Å². The molecule has 0 aliphatic rings. The molecule has 4 nitrogen and oxygen atoms in total. The smallest absolute Gasteiger partial charge is 0.275 e. The van der Waals surface area contributed by atoms with E-state index in [1.54, 1.807) is 13.8 Å². The molecule has 0 radical (unpaired) electrons. The number of anilines is 1. The molecule has 1 rings (SSSR count). The fourth-order valence-electron chi connectivity index (χ4n) is 1.60. The molecule has 0 bridgehead atoms. The molecule has 14 heavy (non-hydrogen) atoms. The van der Waals surface area contributed by atoms with Crippen LogP contribution < -0.4 is 5.73 Å². The number of hydrogen-bond acceptors (Lipinski definition) is 3. The molecule has 0 saturated heterocycles. The minimum Gasteiger partial charge on any atom is -0.398 e. The Hall–Kier alpha value is -1.58. The van der Waals surface area contributed by atoms with Gasteiger partial charge in [0.2, 0.25) is 0 Å². The van der Waals surface area contributed by atoms with Gasteiger partial charge in [-0.25, -0.2) is 0 Å². The maximum atomic E-state index is 10.8. The van der Waals surface area contributed by atoms with E-state index >= 15 is 0 Å². The first-order chi connectivity index (χ1) is 6.37. The summed E-state index contributed by atoms with van der Waals surface area (Å²) in [6.45, 7) is 7.08. The summed E-state index contributed by atoms with van der Waals surface area (Å²) in [6, 6.07) is 0. The van der Waals surface area contributed by atoms with Gasteiger partial charge in [0, 0.05) is 16.8 Å². The second-order valence-electron chi connectivity index (χ2n) is 3.52. The van der Waals surface area contributed by atoms with Crippen molar-refractivity contribution in [3.05, 3.63) is 32.4 Å². The highest BCUT2D eigenvalue weighted by Crippen LogP contribution is 2.33. The number of hydrogen-bond donors (Lipinski definition) is 1. The van der Waals surface area contributed by atoms with Crippen LogP contribution in [0.4, 0.5) is 11.4 Å². The molecule has 0 unspecified atom stereocenters. The molecule has 0 saturated carbocycles. The molecule has 76 valence electrons. The van der Waals surface area contributed by atoms with Crippen LogP contribution >= 0.6 is 0 Å². The van der Waals surface area contributed by atoms with Gasteiger partial charge in [0.05, 0.1) is 4.92 Å². The molecule has 0 fully saturated rings. The van der Waals surface area contributed by atoms with Gasteiger partial charge in [0.1, 0.15) is 0 Å². The molecule has 0 aliphatic carbocycles. The fraction of sp³-hybridized carbons (Fsp3) is 0.400. The Kier molecular flexibility index (Phi) is 2.47. The number of nitrogens with zero attached hydrogens (tertiary/aromatic N) is 1. The zero-order valence-electron chi connectivity index (χ0n) is 8.84. The topological polar surface area (TPSA) is 69.2 Å². The van der Waals surface area contributed by atoms with Crippen molar-refractivity contribution in [3.63, 3.8) is 0 Å². The standard InChI is InChI=1S/C10H14N2O2/c1-5-7(3)10(12(13)14)8(4)6(2)9(5)11/h11H2,1-4H3. The molecule has 2 N–H and O–H groups in total. The molecular formula is C10H14N2O2. The molecule has 0 aliphatic heterocycles. The maximum Gasteiger partial charge on any atom is 0.275 e. The molecule has 1 aromatic rings. The minimum atomic E-state index is -0.343. The van der Waals surface area contributed by atoms with Crippen LogP contribution in [0.3, 0.4) is 0 Å². The Bertz CT molecular complexity index is 382.